The van der Waals surface area contributed by atoms with Gasteiger partial charge < -0.3 is 9.47 Å². The molecule has 1 fully saturated rings. The minimum Gasteiger partial charge on any atom is -0.466 e. The standard InChI is InChI=1S/C19H23BrO4/c1-5-23-16(21)15-12-19(15,17(22)24-18(2,3)4)11-10-13-6-8-14(20)9-7-13/h6-11,15H,5,12H2,1-4H3/b11-10+/t15-,19+/m0/s1. The van der Waals surface area contributed by atoms with Gasteiger partial charge in [-0.2, -0.15) is 0 Å². The zero-order valence-corrected chi connectivity index (χ0v) is 16.1. The first kappa shape index (κ1) is 18.7. The van der Waals surface area contributed by atoms with Crippen molar-refractivity contribution in [2.24, 2.45) is 11.3 Å². The Morgan fingerprint density at radius 1 is 1.29 bits per heavy atom. The molecule has 0 bridgehead atoms. The molecule has 0 unspecified atom stereocenters. The van der Waals surface area contributed by atoms with Crippen molar-refractivity contribution in [1.82, 2.24) is 0 Å². The Hall–Kier alpha value is -1.62. The second-order valence-corrected chi connectivity index (χ2v) is 7.85. The maximum Gasteiger partial charge on any atom is 0.317 e. The fourth-order valence-corrected chi connectivity index (χ4v) is 2.75. The van der Waals surface area contributed by atoms with E-state index in [1.54, 1.807) is 13.0 Å². The van der Waals surface area contributed by atoms with Gasteiger partial charge in [-0.25, -0.2) is 0 Å². The zero-order chi connectivity index (χ0) is 18.0. The minimum atomic E-state index is -0.924. The highest BCUT2D eigenvalue weighted by Gasteiger charge is 2.64. The Labute approximate surface area is 151 Å². The summed E-state index contributed by atoms with van der Waals surface area (Å²) in [6.45, 7) is 7.51. The molecular weight excluding hydrogens is 372 g/mol. The van der Waals surface area contributed by atoms with Crippen LogP contribution in [0.2, 0.25) is 0 Å². The average molecular weight is 395 g/mol. The Bertz CT molecular complexity index is 642. The first-order valence-corrected chi connectivity index (χ1v) is 8.82. The van der Waals surface area contributed by atoms with Crippen LogP contribution in [0.1, 0.15) is 39.7 Å². The molecule has 0 aromatic heterocycles. The topological polar surface area (TPSA) is 52.6 Å². The summed E-state index contributed by atoms with van der Waals surface area (Å²) in [5, 5.41) is 0. The number of carbonyl (C=O) groups is 2. The minimum absolute atomic E-state index is 0.302. The lowest BCUT2D eigenvalue weighted by molar-refractivity contribution is -0.162. The van der Waals surface area contributed by atoms with Crippen molar-refractivity contribution in [2.45, 2.75) is 39.7 Å². The normalized spacial score (nSPS) is 23.1. The second kappa shape index (κ2) is 7.09. The van der Waals surface area contributed by atoms with Gasteiger partial charge in [0.05, 0.1) is 12.5 Å². The number of esters is 2. The van der Waals surface area contributed by atoms with E-state index in [0.717, 1.165) is 10.0 Å². The molecule has 4 nitrogen and oxygen atoms in total. The number of carbonyl (C=O) groups excluding carboxylic acids is 2. The van der Waals surface area contributed by atoms with Crippen molar-refractivity contribution >= 4 is 33.9 Å². The third-order valence-electron chi connectivity index (χ3n) is 3.80. The van der Waals surface area contributed by atoms with Crippen LogP contribution in [0.25, 0.3) is 6.08 Å². The fourth-order valence-electron chi connectivity index (χ4n) is 2.49. The van der Waals surface area contributed by atoms with Crippen molar-refractivity contribution < 1.29 is 19.1 Å². The van der Waals surface area contributed by atoms with Gasteiger partial charge in [-0.3, -0.25) is 9.59 Å². The monoisotopic (exact) mass is 394 g/mol. The lowest BCUT2D eigenvalue weighted by atomic mass is 10.0. The van der Waals surface area contributed by atoms with Gasteiger partial charge in [0, 0.05) is 4.47 Å². The van der Waals surface area contributed by atoms with Crippen LogP contribution in [0, 0.1) is 11.3 Å². The summed E-state index contributed by atoms with van der Waals surface area (Å²) >= 11 is 3.39. The molecule has 2 atom stereocenters. The molecule has 1 aliphatic carbocycles. The Balaban J connectivity index is 2.23. The summed E-state index contributed by atoms with van der Waals surface area (Å²) in [5.74, 6) is -1.19. The molecule has 0 N–H and O–H groups in total. The maximum atomic E-state index is 12.6. The average Bonchev–Trinajstić information content (AvgIpc) is 3.21. The molecule has 1 saturated carbocycles. The van der Waals surface area contributed by atoms with Crippen LogP contribution in [0.3, 0.4) is 0 Å². The third-order valence-corrected chi connectivity index (χ3v) is 4.33. The molecule has 0 heterocycles. The van der Waals surface area contributed by atoms with Gasteiger partial charge in [0.15, 0.2) is 0 Å². The number of ether oxygens (including phenoxy) is 2. The first-order valence-electron chi connectivity index (χ1n) is 8.03. The van der Waals surface area contributed by atoms with Crippen molar-refractivity contribution in [3.8, 4) is 0 Å². The number of halogens is 1. The van der Waals surface area contributed by atoms with Crippen molar-refractivity contribution in [3.05, 3.63) is 40.4 Å². The Kier molecular flexibility index (Phi) is 5.53. The number of hydrogen-bond acceptors (Lipinski definition) is 4. The molecule has 0 amide bonds. The number of rotatable bonds is 5. The lowest BCUT2D eigenvalue weighted by Gasteiger charge is -2.23. The molecule has 130 valence electrons. The van der Waals surface area contributed by atoms with Gasteiger partial charge in [-0.15, -0.1) is 0 Å². The van der Waals surface area contributed by atoms with Gasteiger partial charge in [0.25, 0.3) is 0 Å². The SMILES string of the molecule is CCOC(=O)[C@@H]1C[C@@]1(/C=C/c1ccc(Br)cc1)C(=O)OC(C)(C)C. The zero-order valence-electron chi connectivity index (χ0n) is 14.5. The van der Waals surface area contributed by atoms with E-state index in [0.29, 0.717) is 13.0 Å². The van der Waals surface area contributed by atoms with Crippen LogP contribution in [-0.4, -0.2) is 24.1 Å². The van der Waals surface area contributed by atoms with E-state index in [1.807, 2.05) is 51.1 Å². The molecule has 0 spiro atoms. The summed E-state index contributed by atoms with van der Waals surface area (Å²) in [6, 6.07) is 7.72. The lowest BCUT2D eigenvalue weighted by Crippen LogP contribution is -2.31. The molecule has 24 heavy (non-hydrogen) atoms. The van der Waals surface area contributed by atoms with Gasteiger partial charge >= 0.3 is 11.9 Å². The largest absolute Gasteiger partial charge is 0.466 e. The summed E-state index contributed by atoms with van der Waals surface area (Å²) in [5.41, 5.74) is -0.570. The Morgan fingerprint density at radius 3 is 2.46 bits per heavy atom. The van der Waals surface area contributed by atoms with Crippen molar-refractivity contribution in [2.75, 3.05) is 6.61 Å². The van der Waals surface area contributed by atoms with Crippen LogP contribution < -0.4 is 0 Å². The molecule has 5 heteroatoms. The molecule has 0 radical (unpaired) electrons. The smallest absolute Gasteiger partial charge is 0.317 e. The number of hydrogen-bond donors (Lipinski definition) is 0. The number of benzene rings is 1. The van der Waals surface area contributed by atoms with Crippen molar-refractivity contribution in [1.29, 1.82) is 0 Å². The summed E-state index contributed by atoms with van der Waals surface area (Å²) < 4.78 is 11.6. The fraction of sp³-hybridized carbons (Fsp3) is 0.474. The van der Waals surface area contributed by atoms with E-state index in [4.69, 9.17) is 9.47 Å². The molecule has 0 aliphatic heterocycles. The highest BCUT2D eigenvalue weighted by molar-refractivity contribution is 9.10. The maximum absolute atomic E-state index is 12.6. The molecule has 1 aromatic carbocycles. The van der Waals surface area contributed by atoms with E-state index in [1.165, 1.54) is 0 Å². The molecular formula is C19H23BrO4. The third kappa shape index (κ3) is 4.47. The first-order chi connectivity index (χ1) is 11.2. The van der Waals surface area contributed by atoms with Crippen LogP contribution in [0.5, 0.6) is 0 Å². The molecule has 0 saturated heterocycles. The van der Waals surface area contributed by atoms with E-state index in [-0.39, 0.29) is 11.9 Å². The second-order valence-electron chi connectivity index (χ2n) is 6.94. The predicted molar refractivity (Wildman–Crippen MR) is 96.2 cm³/mol. The van der Waals surface area contributed by atoms with E-state index >= 15 is 0 Å². The predicted octanol–water partition coefficient (Wildman–Crippen LogP) is 4.37. The molecule has 1 aliphatic rings. The van der Waals surface area contributed by atoms with Gasteiger partial charge in [0.2, 0.25) is 0 Å². The summed E-state index contributed by atoms with van der Waals surface area (Å²) in [4.78, 5) is 24.7. The summed E-state index contributed by atoms with van der Waals surface area (Å²) in [7, 11) is 0. The summed E-state index contributed by atoms with van der Waals surface area (Å²) in [6.07, 6.45) is 4.06. The van der Waals surface area contributed by atoms with E-state index in [9.17, 15) is 9.59 Å². The molecule has 2 rings (SSSR count). The van der Waals surface area contributed by atoms with Crippen LogP contribution in [0.4, 0.5) is 0 Å². The highest BCUT2D eigenvalue weighted by Crippen LogP contribution is 2.56. The van der Waals surface area contributed by atoms with Gasteiger partial charge in [-0.1, -0.05) is 40.2 Å². The quantitative estimate of drug-likeness (QED) is 0.695. The van der Waals surface area contributed by atoms with E-state index in [2.05, 4.69) is 15.9 Å². The van der Waals surface area contributed by atoms with Gasteiger partial charge in [-0.05, 0) is 51.8 Å². The van der Waals surface area contributed by atoms with Crippen LogP contribution in [-0.2, 0) is 19.1 Å². The van der Waals surface area contributed by atoms with Gasteiger partial charge in [0.1, 0.15) is 11.0 Å². The highest BCUT2D eigenvalue weighted by atomic mass is 79.9. The van der Waals surface area contributed by atoms with E-state index < -0.39 is 16.9 Å². The molecule has 1 aromatic rings. The van der Waals surface area contributed by atoms with Crippen LogP contribution in [0.15, 0.2) is 34.8 Å². The Morgan fingerprint density at radius 2 is 1.92 bits per heavy atom. The van der Waals surface area contributed by atoms with Crippen molar-refractivity contribution in [3.63, 3.8) is 0 Å². The van der Waals surface area contributed by atoms with Crippen LogP contribution >= 0.6 is 15.9 Å².